The number of nitrogens with one attached hydrogen (secondary N) is 1. The number of fused-ring (bicyclic) bond motifs is 1. The molecule has 7 nitrogen and oxygen atoms in total. The summed E-state index contributed by atoms with van der Waals surface area (Å²) in [5, 5.41) is 3.43. The van der Waals surface area contributed by atoms with Gasteiger partial charge in [0.2, 0.25) is 21.8 Å². The molecule has 0 unspecified atom stereocenters. The highest BCUT2D eigenvalue weighted by Gasteiger charge is 2.35. The van der Waals surface area contributed by atoms with Gasteiger partial charge in [-0.15, -0.1) is 0 Å². The van der Waals surface area contributed by atoms with Gasteiger partial charge in [-0.3, -0.25) is 9.59 Å². The smallest absolute Gasteiger partial charge is 0.243 e. The van der Waals surface area contributed by atoms with E-state index in [2.05, 4.69) is 5.32 Å². The number of rotatable bonds is 4. The van der Waals surface area contributed by atoms with Crippen molar-refractivity contribution in [2.45, 2.75) is 51.0 Å². The minimum Gasteiger partial charge on any atom is -0.326 e. The summed E-state index contributed by atoms with van der Waals surface area (Å²) in [5.41, 5.74) is 3.13. The lowest BCUT2D eigenvalue weighted by Gasteiger charge is -2.31. The number of hydrogen-bond donors (Lipinski definition) is 1. The summed E-state index contributed by atoms with van der Waals surface area (Å²) in [4.78, 5) is 26.7. The number of aryl methyl sites for hydroxylation is 1. The molecule has 0 saturated carbocycles. The molecule has 0 bridgehead atoms. The Hall–Kier alpha value is -2.42. The summed E-state index contributed by atoms with van der Waals surface area (Å²) in [6, 6.07) is 10.2. The van der Waals surface area contributed by atoms with Gasteiger partial charge in [-0.2, -0.15) is 4.31 Å². The Morgan fingerprint density at radius 3 is 2.61 bits per heavy atom. The number of hydrogen-bond acceptors (Lipinski definition) is 4. The van der Waals surface area contributed by atoms with Gasteiger partial charge in [0.25, 0.3) is 0 Å². The van der Waals surface area contributed by atoms with Crippen LogP contribution >= 0.6 is 11.6 Å². The zero-order chi connectivity index (χ0) is 23.9. The van der Waals surface area contributed by atoms with Gasteiger partial charge >= 0.3 is 0 Å². The van der Waals surface area contributed by atoms with E-state index in [0.29, 0.717) is 36.5 Å². The molecule has 1 fully saturated rings. The number of sulfonamides is 1. The molecule has 33 heavy (non-hydrogen) atoms. The Kier molecular flexibility index (Phi) is 6.53. The van der Waals surface area contributed by atoms with Crippen molar-refractivity contribution in [2.24, 2.45) is 5.92 Å². The van der Waals surface area contributed by atoms with Crippen LogP contribution in [0.5, 0.6) is 0 Å². The SMILES string of the molecule is CC(=O)N1c2ccc(S(=O)(=O)N3CCC[C@@H](C(=O)Nc4ccc(C)c(Cl)c4)C3)cc2C[C@H]1C. The first-order valence-electron chi connectivity index (χ1n) is 11.1. The van der Waals surface area contributed by atoms with Gasteiger partial charge in [0.05, 0.1) is 10.8 Å². The monoisotopic (exact) mass is 489 g/mol. The molecule has 0 aromatic heterocycles. The average Bonchev–Trinajstić information content (AvgIpc) is 3.11. The van der Waals surface area contributed by atoms with E-state index in [4.69, 9.17) is 11.6 Å². The average molecular weight is 490 g/mol. The number of amides is 2. The molecule has 2 aliphatic heterocycles. The van der Waals surface area contributed by atoms with E-state index in [1.54, 1.807) is 35.2 Å². The summed E-state index contributed by atoms with van der Waals surface area (Å²) < 4.78 is 28.2. The fraction of sp³-hybridized carbons (Fsp3) is 0.417. The van der Waals surface area contributed by atoms with Crippen LogP contribution in [0.1, 0.15) is 37.8 Å². The zero-order valence-corrected chi connectivity index (χ0v) is 20.5. The third-order valence-electron chi connectivity index (χ3n) is 6.44. The Morgan fingerprint density at radius 2 is 1.91 bits per heavy atom. The van der Waals surface area contributed by atoms with Gasteiger partial charge in [0.1, 0.15) is 0 Å². The molecule has 176 valence electrons. The van der Waals surface area contributed by atoms with Crippen LogP contribution in [0.25, 0.3) is 0 Å². The fourth-order valence-electron chi connectivity index (χ4n) is 4.69. The molecule has 2 heterocycles. The van der Waals surface area contributed by atoms with Gasteiger partial charge in [-0.25, -0.2) is 8.42 Å². The van der Waals surface area contributed by atoms with E-state index < -0.39 is 15.9 Å². The highest BCUT2D eigenvalue weighted by Crippen LogP contribution is 2.35. The number of nitrogens with zero attached hydrogens (tertiary/aromatic N) is 2. The van der Waals surface area contributed by atoms with Crippen LogP contribution in [0, 0.1) is 12.8 Å². The van der Waals surface area contributed by atoms with Crippen molar-refractivity contribution in [1.29, 1.82) is 0 Å². The lowest BCUT2D eigenvalue weighted by molar-refractivity contribution is -0.121. The Bertz CT molecular complexity index is 1210. The highest BCUT2D eigenvalue weighted by atomic mass is 35.5. The van der Waals surface area contributed by atoms with Gasteiger partial charge < -0.3 is 10.2 Å². The fourth-order valence-corrected chi connectivity index (χ4v) is 6.44. The number of benzene rings is 2. The second-order valence-corrected chi connectivity index (χ2v) is 11.2. The van der Waals surface area contributed by atoms with E-state index in [1.807, 2.05) is 19.9 Å². The summed E-state index contributed by atoms with van der Waals surface area (Å²) in [6.07, 6.45) is 1.83. The largest absolute Gasteiger partial charge is 0.326 e. The van der Waals surface area contributed by atoms with Crippen molar-refractivity contribution in [3.05, 3.63) is 52.5 Å². The van der Waals surface area contributed by atoms with Crippen molar-refractivity contribution >= 4 is 44.8 Å². The van der Waals surface area contributed by atoms with Gasteiger partial charge in [-0.05, 0) is 74.6 Å². The van der Waals surface area contributed by atoms with Gasteiger partial charge in [0.15, 0.2) is 0 Å². The van der Waals surface area contributed by atoms with Crippen molar-refractivity contribution in [1.82, 2.24) is 4.31 Å². The maximum absolute atomic E-state index is 13.4. The van der Waals surface area contributed by atoms with Crippen LogP contribution in [0.3, 0.4) is 0 Å². The van der Waals surface area contributed by atoms with E-state index in [9.17, 15) is 18.0 Å². The third-order valence-corrected chi connectivity index (χ3v) is 8.71. The van der Waals surface area contributed by atoms with E-state index in [-0.39, 0.29) is 29.3 Å². The maximum atomic E-state index is 13.4. The topological polar surface area (TPSA) is 86.8 Å². The Morgan fingerprint density at radius 1 is 1.15 bits per heavy atom. The van der Waals surface area contributed by atoms with E-state index >= 15 is 0 Å². The molecule has 1 N–H and O–H groups in total. The quantitative estimate of drug-likeness (QED) is 0.703. The molecule has 2 aromatic rings. The lowest BCUT2D eigenvalue weighted by Crippen LogP contribution is -2.43. The number of carbonyl (C=O) groups excluding carboxylic acids is 2. The highest BCUT2D eigenvalue weighted by molar-refractivity contribution is 7.89. The van der Waals surface area contributed by atoms with Gasteiger partial charge in [-0.1, -0.05) is 17.7 Å². The first-order valence-corrected chi connectivity index (χ1v) is 12.9. The van der Waals surface area contributed by atoms with Crippen LogP contribution in [0.4, 0.5) is 11.4 Å². The lowest BCUT2D eigenvalue weighted by atomic mass is 9.98. The van der Waals surface area contributed by atoms with E-state index in [0.717, 1.165) is 16.8 Å². The molecule has 4 rings (SSSR count). The Balaban J connectivity index is 1.51. The van der Waals surface area contributed by atoms with Crippen LogP contribution in [-0.2, 0) is 26.0 Å². The van der Waals surface area contributed by atoms with Crippen LogP contribution < -0.4 is 10.2 Å². The maximum Gasteiger partial charge on any atom is 0.243 e. The predicted octanol–water partition coefficient (Wildman–Crippen LogP) is 3.99. The Labute approximate surface area is 199 Å². The molecule has 0 spiro atoms. The zero-order valence-electron chi connectivity index (χ0n) is 19.0. The van der Waals surface area contributed by atoms with Crippen LogP contribution in [-0.4, -0.2) is 43.7 Å². The molecule has 0 aliphatic carbocycles. The first-order chi connectivity index (χ1) is 15.6. The van der Waals surface area contributed by atoms with E-state index in [1.165, 1.54) is 11.2 Å². The molecule has 2 aromatic carbocycles. The van der Waals surface area contributed by atoms with Crippen molar-refractivity contribution in [3.63, 3.8) is 0 Å². The molecule has 1 saturated heterocycles. The number of halogens is 1. The van der Waals surface area contributed by atoms with Crippen LogP contribution in [0.15, 0.2) is 41.3 Å². The van der Waals surface area contributed by atoms with Crippen LogP contribution in [0.2, 0.25) is 5.02 Å². The molecular weight excluding hydrogens is 462 g/mol. The predicted molar refractivity (Wildman–Crippen MR) is 129 cm³/mol. The molecular formula is C24H28ClN3O4S. The molecule has 0 radical (unpaired) electrons. The minimum absolute atomic E-state index is 0.00575. The molecule has 2 aliphatic rings. The summed E-state index contributed by atoms with van der Waals surface area (Å²) in [5.74, 6) is -0.720. The number of piperidine rings is 1. The molecule has 9 heteroatoms. The first kappa shape index (κ1) is 23.7. The third kappa shape index (κ3) is 4.65. The molecule has 2 atom stereocenters. The summed E-state index contributed by atoms with van der Waals surface area (Å²) in [6.45, 7) is 5.84. The standard InChI is InChI=1S/C24H28ClN3O4S/c1-15-6-7-20(13-22(15)25)26-24(30)18-5-4-10-27(14-18)33(31,32)21-8-9-23-19(12-21)11-16(2)28(23)17(3)29/h6-9,12-13,16,18H,4-5,10-11,14H2,1-3H3,(H,26,30)/t16-,18-/m1/s1. The molecule has 2 amide bonds. The second-order valence-electron chi connectivity index (χ2n) is 8.89. The number of anilines is 2. The van der Waals surface area contributed by atoms with Crippen molar-refractivity contribution in [3.8, 4) is 0 Å². The van der Waals surface area contributed by atoms with Gasteiger partial charge in [0, 0.05) is 42.5 Å². The second kappa shape index (κ2) is 9.08. The minimum atomic E-state index is -3.76. The van der Waals surface area contributed by atoms with Crippen molar-refractivity contribution in [2.75, 3.05) is 23.3 Å². The normalized spacial score (nSPS) is 21.0. The summed E-state index contributed by atoms with van der Waals surface area (Å²) in [7, 11) is -3.76. The van der Waals surface area contributed by atoms with Crippen molar-refractivity contribution < 1.29 is 18.0 Å². The number of carbonyl (C=O) groups is 2. The summed E-state index contributed by atoms with van der Waals surface area (Å²) >= 11 is 6.15.